The largest absolute Gasteiger partial charge is 0.489 e. The molecule has 0 radical (unpaired) electrons. The number of primary amides is 1. The summed E-state index contributed by atoms with van der Waals surface area (Å²) in [6.07, 6.45) is 1.68. The zero-order chi connectivity index (χ0) is 23.8. The molecule has 1 aliphatic rings. The number of aryl methyl sites for hydroxylation is 1. The van der Waals surface area contributed by atoms with Gasteiger partial charge in [-0.05, 0) is 41.7 Å². The van der Waals surface area contributed by atoms with Crippen molar-refractivity contribution in [2.75, 3.05) is 6.54 Å². The summed E-state index contributed by atoms with van der Waals surface area (Å²) in [7, 11) is 0. The third-order valence-electron chi connectivity index (χ3n) is 6.18. The molecule has 176 valence electrons. The van der Waals surface area contributed by atoms with Crippen molar-refractivity contribution in [2.45, 2.75) is 44.5 Å². The van der Waals surface area contributed by atoms with Crippen molar-refractivity contribution in [1.82, 2.24) is 10.2 Å². The van der Waals surface area contributed by atoms with Gasteiger partial charge in [-0.25, -0.2) is 0 Å². The second-order valence-electron chi connectivity index (χ2n) is 8.68. The van der Waals surface area contributed by atoms with Crippen LogP contribution in [0, 0.1) is 0 Å². The molecule has 1 saturated heterocycles. The van der Waals surface area contributed by atoms with Gasteiger partial charge in [-0.3, -0.25) is 14.5 Å². The van der Waals surface area contributed by atoms with Crippen LogP contribution in [-0.2, 0) is 29.2 Å². The molecule has 2 unspecified atom stereocenters. The monoisotopic (exact) mass is 457 g/mol. The Morgan fingerprint density at radius 1 is 0.882 bits per heavy atom. The molecule has 0 aliphatic carbocycles. The Balaban J connectivity index is 1.25. The van der Waals surface area contributed by atoms with Crippen molar-refractivity contribution in [2.24, 2.45) is 5.73 Å². The molecule has 1 heterocycles. The topological polar surface area (TPSA) is 84.7 Å². The Hall–Kier alpha value is -3.64. The lowest BCUT2D eigenvalue weighted by Crippen LogP contribution is -2.51. The van der Waals surface area contributed by atoms with Gasteiger partial charge in [0, 0.05) is 19.5 Å². The maximum atomic E-state index is 12.6. The van der Waals surface area contributed by atoms with E-state index in [2.05, 4.69) is 10.2 Å². The highest BCUT2D eigenvalue weighted by Gasteiger charge is 2.38. The van der Waals surface area contributed by atoms with Crippen LogP contribution in [0.15, 0.2) is 84.9 Å². The Morgan fingerprint density at radius 2 is 1.53 bits per heavy atom. The number of amides is 2. The lowest BCUT2D eigenvalue weighted by Gasteiger charge is -2.26. The van der Waals surface area contributed by atoms with Crippen LogP contribution < -0.4 is 15.8 Å². The number of likely N-dealkylation sites (tertiary alicyclic amines) is 1. The second kappa shape index (κ2) is 11.5. The third-order valence-corrected chi connectivity index (χ3v) is 6.18. The summed E-state index contributed by atoms with van der Waals surface area (Å²) in [5, 5.41) is 3.04. The number of hydrogen-bond donors (Lipinski definition) is 2. The molecule has 3 aromatic carbocycles. The predicted octanol–water partition coefficient (Wildman–Crippen LogP) is 3.44. The molecule has 34 heavy (non-hydrogen) atoms. The van der Waals surface area contributed by atoms with E-state index in [1.807, 2.05) is 84.9 Å². The molecule has 0 aromatic heterocycles. The third kappa shape index (κ3) is 6.45. The zero-order valence-electron chi connectivity index (χ0n) is 19.2. The van der Waals surface area contributed by atoms with Gasteiger partial charge in [0.15, 0.2) is 0 Å². The Morgan fingerprint density at radius 3 is 2.18 bits per heavy atom. The molecular formula is C28H31N3O3. The first-order valence-corrected chi connectivity index (χ1v) is 11.7. The molecule has 0 bridgehead atoms. The van der Waals surface area contributed by atoms with Crippen LogP contribution in [0.25, 0.3) is 0 Å². The molecule has 0 saturated carbocycles. The molecule has 6 heteroatoms. The summed E-state index contributed by atoms with van der Waals surface area (Å²) in [6.45, 7) is 1.88. The number of nitrogens with one attached hydrogen (secondary N) is 1. The molecule has 0 spiro atoms. The fourth-order valence-electron chi connectivity index (χ4n) is 4.41. The number of carbonyl (C=O) groups excluding carboxylic acids is 2. The Bertz CT molecular complexity index is 1070. The van der Waals surface area contributed by atoms with Gasteiger partial charge in [0.05, 0.1) is 6.04 Å². The van der Waals surface area contributed by atoms with Crippen LogP contribution >= 0.6 is 0 Å². The van der Waals surface area contributed by atoms with Crippen molar-refractivity contribution in [1.29, 1.82) is 0 Å². The van der Waals surface area contributed by atoms with Crippen LogP contribution in [0.2, 0.25) is 0 Å². The Kier molecular flexibility index (Phi) is 7.94. The minimum absolute atomic E-state index is 0.0674. The molecule has 1 aliphatic heterocycles. The minimum Gasteiger partial charge on any atom is -0.489 e. The first-order chi connectivity index (χ1) is 16.6. The number of carbonyl (C=O) groups is 2. The first kappa shape index (κ1) is 23.5. The quantitative estimate of drug-likeness (QED) is 0.488. The first-order valence-electron chi connectivity index (χ1n) is 11.7. The van der Waals surface area contributed by atoms with E-state index in [4.69, 9.17) is 10.5 Å². The van der Waals surface area contributed by atoms with Crippen LogP contribution in [0.4, 0.5) is 0 Å². The SMILES string of the molecule is NC(=O)C1C(NC(=O)CCc2ccc(OCc3ccccc3)cc2)CCN1Cc1ccccc1. The maximum Gasteiger partial charge on any atom is 0.236 e. The van der Waals surface area contributed by atoms with E-state index >= 15 is 0 Å². The zero-order valence-corrected chi connectivity index (χ0v) is 19.2. The molecule has 3 aromatic rings. The average molecular weight is 458 g/mol. The van der Waals surface area contributed by atoms with Gasteiger partial charge in [-0.2, -0.15) is 0 Å². The van der Waals surface area contributed by atoms with Gasteiger partial charge in [0.25, 0.3) is 0 Å². The number of nitrogens with zero attached hydrogens (tertiary/aromatic N) is 1. The summed E-state index contributed by atoms with van der Waals surface area (Å²) in [5.74, 6) is 0.331. The van der Waals surface area contributed by atoms with E-state index < -0.39 is 11.9 Å². The summed E-state index contributed by atoms with van der Waals surface area (Å²) in [4.78, 5) is 26.8. The van der Waals surface area contributed by atoms with E-state index in [9.17, 15) is 9.59 Å². The minimum atomic E-state index is -0.495. The van der Waals surface area contributed by atoms with Gasteiger partial charge >= 0.3 is 0 Å². The molecule has 4 rings (SSSR count). The van der Waals surface area contributed by atoms with Crippen LogP contribution in [0.5, 0.6) is 5.75 Å². The smallest absolute Gasteiger partial charge is 0.236 e. The molecule has 6 nitrogen and oxygen atoms in total. The standard InChI is InChI=1S/C28H31N3O3/c29-28(33)27-25(17-18-31(27)19-22-7-3-1-4-8-22)30-26(32)16-13-21-11-14-24(15-12-21)34-20-23-9-5-2-6-10-23/h1-12,14-15,25,27H,13,16-20H2,(H2,29,33)(H,30,32). The van der Waals surface area contributed by atoms with Crippen molar-refractivity contribution >= 4 is 11.8 Å². The van der Waals surface area contributed by atoms with Crippen LogP contribution in [-0.4, -0.2) is 35.3 Å². The molecular weight excluding hydrogens is 426 g/mol. The summed E-state index contributed by atoms with van der Waals surface area (Å²) in [6, 6.07) is 27.1. The van der Waals surface area contributed by atoms with E-state index in [-0.39, 0.29) is 11.9 Å². The average Bonchev–Trinajstić information content (AvgIpc) is 3.25. The number of rotatable bonds is 10. The maximum absolute atomic E-state index is 12.6. The fourth-order valence-corrected chi connectivity index (χ4v) is 4.41. The molecule has 2 atom stereocenters. The van der Waals surface area contributed by atoms with Gasteiger partial charge < -0.3 is 15.8 Å². The molecule has 3 N–H and O–H groups in total. The second-order valence-corrected chi connectivity index (χ2v) is 8.68. The lowest BCUT2D eigenvalue weighted by molar-refractivity contribution is -0.124. The van der Waals surface area contributed by atoms with E-state index in [0.29, 0.717) is 32.4 Å². The molecule has 1 fully saturated rings. The molecule has 2 amide bonds. The normalized spacial score (nSPS) is 17.9. The summed E-state index contributed by atoms with van der Waals surface area (Å²) < 4.78 is 5.82. The predicted molar refractivity (Wildman–Crippen MR) is 132 cm³/mol. The van der Waals surface area contributed by atoms with Crippen LogP contribution in [0.1, 0.15) is 29.5 Å². The van der Waals surface area contributed by atoms with Gasteiger partial charge in [-0.15, -0.1) is 0 Å². The number of hydrogen-bond acceptors (Lipinski definition) is 4. The highest BCUT2D eigenvalue weighted by atomic mass is 16.5. The lowest BCUT2D eigenvalue weighted by atomic mass is 10.1. The number of ether oxygens (including phenoxy) is 1. The number of benzene rings is 3. The van der Waals surface area contributed by atoms with Crippen molar-refractivity contribution in [3.05, 3.63) is 102 Å². The highest BCUT2D eigenvalue weighted by molar-refractivity contribution is 5.83. The van der Waals surface area contributed by atoms with E-state index in [1.165, 1.54) is 0 Å². The van der Waals surface area contributed by atoms with Crippen molar-refractivity contribution < 1.29 is 14.3 Å². The summed E-state index contributed by atoms with van der Waals surface area (Å²) in [5.41, 5.74) is 9.01. The van der Waals surface area contributed by atoms with E-state index in [0.717, 1.165) is 29.0 Å². The van der Waals surface area contributed by atoms with Gasteiger partial charge in [0.2, 0.25) is 11.8 Å². The summed E-state index contributed by atoms with van der Waals surface area (Å²) >= 11 is 0. The van der Waals surface area contributed by atoms with Gasteiger partial charge in [-0.1, -0.05) is 72.8 Å². The number of nitrogens with two attached hydrogens (primary N) is 1. The van der Waals surface area contributed by atoms with E-state index in [1.54, 1.807) is 0 Å². The van der Waals surface area contributed by atoms with Crippen molar-refractivity contribution in [3.63, 3.8) is 0 Å². The fraction of sp³-hybridized carbons (Fsp3) is 0.286. The highest BCUT2D eigenvalue weighted by Crippen LogP contribution is 2.21. The Labute approximate surface area is 200 Å². The van der Waals surface area contributed by atoms with Crippen molar-refractivity contribution in [3.8, 4) is 5.75 Å². The van der Waals surface area contributed by atoms with Crippen LogP contribution in [0.3, 0.4) is 0 Å². The van der Waals surface area contributed by atoms with Gasteiger partial charge in [0.1, 0.15) is 18.4 Å².